The number of hydrogen-bond acceptors (Lipinski definition) is 6. The monoisotopic (exact) mass is 510 g/mol. The van der Waals surface area contributed by atoms with Crippen molar-refractivity contribution in [2.75, 3.05) is 11.9 Å². The van der Waals surface area contributed by atoms with Crippen molar-refractivity contribution in [3.8, 4) is 11.5 Å². The lowest BCUT2D eigenvalue weighted by Crippen LogP contribution is -2.22. The molecule has 2 heterocycles. The Kier molecular flexibility index (Phi) is 6.78. The first-order valence-electron chi connectivity index (χ1n) is 11.3. The van der Waals surface area contributed by atoms with Gasteiger partial charge in [0.05, 0.1) is 23.0 Å². The number of hydrogen-bond donors (Lipinski definition) is 1. The number of carbonyl (C=O) groups excluding carboxylic acids is 3. The van der Waals surface area contributed by atoms with Crippen molar-refractivity contribution < 1.29 is 23.5 Å². The average Bonchev–Trinajstić information content (AvgIpc) is 3.47. The highest BCUT2D eigenvalue weighted by Crippen LogP contribution is 2.26. The number of anilines is 1. The summed E-state index contributed by atoms with van der Waals surface area (Å²) < 4.78 is 10.8. The predicted molar refractivity (Wildman–Crippen MR) is 140 cm³/mol. The van der Waals surface area contributed by atoms with Gasteiger partial charge in [-0.05, 0) is 42.5 Å². The van der Waals surface area contributed by atoms with Crippen LogP contribution in [0.2, 0.25) is 5.02 Å². The van der Waals surface area contributed by atoms with E-state index in [9.17, 15) is 14.4 Å². The number of pyridine rings is 1. The fourth-order valence-electron chi connectivity index (χ4n) is 3.85. The number of ketones is 1. The van der Waals surface area contributed by atoms with Crippen LogP contribution in [0.25, 0.3) is 22.4 Å². The number of aromatic nitrogens is 1. The van der Waals surface area contributed by atoms with Gasteiger partial charge in [0.2, 0.25) is 0 Å². The van der Waals surface area contributed by atoms with Gasteiger partial charge in [-0.2, -0.15) is 0 Å². The van der Waals surface area contributed by atoms with Crippen molar-refractivity contribution in [1.29, 1.82) is 0 Å². The van der Waals surface area contributed by atoms with E-state index in [1.807, 2.05) is 6.07 Å². The molecule has 182 valence electrons. The van der Waals surface area contributed by atoms with Gasteiger partial charge >= 0.3 is 5.97 Å². The Balaban J connectivity index is 1.34. The Morgan fingerprint density at radius 2 is 1.65 bits per heavy atom. The zero-order chi connectivity index (χ0) is 25.8. The van der Waals surface area contributed by atoms with Gasteiger partial charge in [-0.3, -0.25) is 9.59 Å². The minimum atomic E-state index is -0.696. The third-order valence-corrected chi connectivity index (χ3v) is 5.82. The summed E-state index contributed by atoms with van der Waals surface area (Å²) in [6.07, 6.45) is 1.52. The summed E-state index contributed by atoms with van der Waals surface area (Å²) in [4.78, 5) is 43.3. The van der Waals surface area contributed by atoms with Crippen LogP contribution >= 0.6 is 11.6 Å². The van der Waals surface area contributed by atoms with E-state index < -0.39 is 18.5 Å². The molecule has 37 heavy (non-hydrogen) atoms. The van der Waals surface area contributed by atoms with E-state index in [1.165, 1.54) is 18.4 Å². The second-order valence-corrected chi connectivity index (χ2v) is 8.50. The molecule has 2 aromatic heterocycles. The van der Waals surface area contributed by atoms with E-state index in [0.29, 0.717) is 32.9 Å². The maximum Gasteiger partial charge on any atom is 0.339 e. The van der Waals surface area contributed by atoms with Crippen LogP contribution in [0.1, 0.15) is 26.3 Å². The molecule has 7 nitrogen and oxygen atoms in total. The molecule has 3 aromatic carbocycles. The van der Waals surface area contributed by atoms with Crippen LogP contribution in [0.15, 0.2) is 102 Å². The van der Waals surface area contributed by atoms with Gasteiger partial charge in [0.15, 0.2) is 18.2 Å². The van der Waals surface area contributed by atoms with Gasteiger partial charge < -0.3 is 14.5 Å². The Bertz CT molecular complexity index is 1610. The van der Waals surface area contributed by atoms with Crippen LogP contribution in [-0.2, 0) is 9.53 Å². The summed E-state index contributed by atoms with van der Waals surface area (Å²) in [6.45, 7) is -0.562. The number of fused-ring (bicyclic) bond motifs is 1. The van der Waals surface area contributed by atoms with Gasteiger partial charge in [0.25, 0.3) is 5.91 Å². The van der Waals surface area contributed by atoms with Gasteiger partial charge in [-0.1, -0.05) is 60.1 Å². The minimum Gasteiger partial charge on any atom is -0.463 e. The molecular weight excluding hydrogens is 492 g/mol. The maximum absolute atomic E-state index is 13.0. The van der Waals surface area contributed by atoms with E-state index >= 15 is 0 Å². The van der Waals surface area contributed by atoms with Gasteiger partial charge in [0.1, 0.15) is 5.69 Å². The van der Waals surface area contributed by atoms with Gasteiger partial charge in [-0.15, -0.1) is 0 Å². The highest BCUT2D eigenvalue weighted by Gasteiger charge is 2.19. The zero-order valence-electron chi connectivity index (χ0n) is 19.3. The summed E-state index contributed by atoms with van der Waals surface area (Å²) >= 11 is 6.11. The molecule has 5 aromatic rings. The molecule has 0 unspecified atom stereocenters. The van der Waals surface area contributed by atoms with Crippen LogP contribution < -0.4 is 5.32 Å². The number of nitrogens with one attached hydrogen (secondary N) is 1. The van der Waals surface area contributed by atoms with Crippen LogP contribution in [0.5, 0.6) is 0 Å². The SMILES string of the molecule is O=C(COC(=O)c1cc(-c2ccco2)nc2ccccc12)Nc1ccc(Cl)cc1C(=O)c1ccccc1. The molecule has 0 bridgehead atoms. The molecule has 0 aliphatic rings. The first-order valence-corrected chi connectivity index (χ1v) is 11.7. The minimum absolute atomic E-state index is 0.224. The normalized spacial score (nSPS) is 10.7. The van der Waals surface area contributed by atoms with E-state index in [0.717, 1.165) is 0 Å². The molecule has 0 saturated heterocycles. The Labute approximate surface area is 216 Å². The molecular formula is C29H19ClN2O5. The van der Waals surface area contributed by atoms with Crippen molar-refractivity contribution in [3.63, 3.8) is 0 Å². The molecule has 5 rings (SSSR count). The number of amides is 1. The number of furan rings is 1. The molecule has 1 N–H and O–H groups in total. The van der Waals surface area contributed by atoms with Crippen molar-refractivity contribution in [3.05, 3.63) is 119 Å². The second kappa shape index (κ2) is 10.5. The third kappa shape index (κ3) is 5.27. The summed E-state index contributed by atoms with van der Waals surface area (Å²) in [5.74, 6) is -1.11. The average molecular weight is 511 g/mol. The number of ether oxygens (including phenoxy) is 1. The van der Waals surface area contributed by atoms with E-state index in [2.05, 4.69) is 10.3 Å². The fourth-order valence-corrected chi connectivity index (χ4v) is 4.02. The van der Waals surface area contributed by atoms with E-state index in [4.69, 9.17) is 20.8 Å². The Morgan fingerprint density at radius 1 is 0.865 bits per heavy atom. The number of esters is 1. The highest BCUT2D eigenvalue weighted by atomic mass is 35.5. The van der Waals surface area contributed by atoms with Crippen LogP contribution in [0, 0.1) is 0 Å². The predicted octanol–water partition coefficient (Wildman–Crippen LogP) is 6.17. The number of para-hydroxylation sites is 1. The van der Waals surface area contributed by atoms with Crippen LogP contribution in [0.3, 0.4) is 0 Å². The fraction of sp³-hybridized carbons (Fsp3) is 0.0345. The standard InChI is InChI=1S/C29H19ClN2O5/c30-19-12-13-24(22(15-19)28(34)18-7-2-1-3-8-18)32-27(33)17-37-29(35)21-16-25(26-11-6-14-36-26)31-23-10-5-4-9-20(21)23/h1-16H,17H2,(H,32,33). The molecule has 0 aliphatic carbocycles. The number of carbonyl (C=O) groups is 3. The van der Waals surface area contributed by atoms with Crippen molar-refractivity contribution in [2.24, 2.45) is 0 Å². The maximum atomic E-state index is 13.0. The number of nitrogens with zero attached hydrogens (tertiary/aromatic N) is 1. The first-order chi connectivity index (χ1) is 18.0. The van der Waals surface area contributed by atoms with E-state index in [1.54, 1.807) is 72.8 Å². The molecule has 8 heteroatoms. The van der Waals surface area contributed by atoms with Gasteiger partial charge in [0, 0.05) is 21.5 Å². The topological polar surface area (TPSA) is 98.5 Å². The lowest BCUT2D eigenvalue weighted by atomic mass is 10.0. The van der Waals surface area contributed by atoms with Crippen LogP contribution in [0.4, 0.5) is 5.69 Å². The molecule has 0 radical (unpaired) electrons. The molecule has 0 fully saturated rings. The summed E-state index contributed by atoms with van der Waals surface area (Å²) in [7, 11) is 0. The molecule has 0 aliphatic heterocycles. The summed E-state index contributed by atoms with van der Waals surface area (Å²) in [6, 6.07) is 25.4. The molecule has 0 saturated carbocycles. The van der Waals surface area contributed by atoms with Crippen molar-refractivity contribution in [1.82, 2.24) is 4.98 Å². The van der Waals surface area contributed by atoms with Gasteiger partial charge in [-0.25, -0.2) is 9.78 Å². The second-order valence-electron chi connectivity index (χ2n) is 8.06. The highest BCUT2D eigenvalue weighted by molar-refractivity contribution is 6.31. The van der Waals surface area contributed by atoms with Crippen LogP contribution in [-0.4, -0.2) is 29.3 Å². The Hall–Kier alpha value is -4.75. The largest absolute Gasteiger partial charge is 0.463 e. The smallest absolute Gasteiger partial charge is 0.339 e. The quantitative estimate of drug-likeness (QED) is 0.207. The molecule has 0 spiro atoms. The lowest BCUT2D eigenvalue weighted by Gasteiger charge is -2.12. The first kappa shape index (κ1) is 24.0. The lowest BCUT2D eigenvalue weighted by molar-refractivity contribution is -0.119. The number of rotatable bonds is 7. The van der Waals surface area contributed by atoms with Crippen molar-refractivity contribution in [2.45, 2.75) is 0 Å². The Morgan fingerprint density at radius 3 is 2.43 bits per heavy atom. The summed E-state index contributed by atoms with van der Waals surface area (Å²) in [5, 5.41) is 3.57. The molecule has 0 atom stereocenters. The molecule has 1 amide bonds. The van der Waals surface area contributed by atoms with Crippen molar-refractivity contribution >= 4 is 45.9 Å². The summed E-state index contributed by atoms with van der Waals surface area (Å²) in [5.41, 5.74) is 2.22. The number of halogens is 1. The number of benzene rings is 3. The zero-order valence-corrected chi connectivity index (χ0v) is 20.1. The third-order valence-electron chi connectivity index (χ3n) is 5.58. The van der Waals surface area contributed by atoms with E-state index in [-0.39, 0.29) is 22.6 Å².